The minimum absolute atomic E-state index is 0.304. The molecule has 0 bridgehead atoms. The van der Waals surface area contributed by atoms with Gasteiger partial charge < -0.3 is 10.6 Å². The van der Waals surface area contributed by atoms with Crippen LogP contribution >= 0.6 is 15.9 Å². The van der Waals surface area contributed by atoms with E-state index in [4.69, 9.17) is 0 Å². The molecule has 0 aliphatic rings. The minimum Gasteiger partial charge on any atom is -0.357 e. The number of hydrogen-bond donors (Lipinski definition) is 2. The fraction of sp³-hybridized carbons (Fsp3) is 0.167. The first-order valence-electron chi connectivity index (χ1n) is 5.33. The fourth-order valence-corrected chi connectivity index (χ4v) is 1.76. The van der Waals surface area contributed by atoms with Gasteiger partial charge in [-0.05, 0) is 41.1 Å². The summed E-state index contributed by atoms with van der Waals surface area (Å²) in [7, 11) is 1.74. The van der Waals surface area contributed by atoms with Crippen LogP contribution in [-0.2, 0) is 0 Å². The summed E-state index contributed by atoms with van der Waals surface area (Å²) >= 11 is 3.36. The minimum atomic E-state index is -0.304. The Morgan fingerprint density at radius 1 is 1.33 bits per heavy atom. The number of halogens is 2. The van der Waals surface area contributed by atoms with Crippen LogP contribution < -0.4 is 10.6 Å². The lowest BCUT2D eigenvalue weighted by Gasteiger charge is -2.11. The second kappa shape index (κ2) is 5.30. The average molecular weight is 311 g/mol. The van der Waals surface area contributed by atoms with Gasteiger partial charge in [0.25, 0.3) is 0 Å². The molecular formula is C12H12BrFN4. The lowest BCUT2D eigenvalue weighted by molar-refractivity contribution is 0.628. The van der Waals surface area contributed by atoms with Crippen molar-refractivity contribution in [3.05, 3.63) is 40.2 Å². The van der Waals surface area contributed by atoms with Crippen molar-refractivity contribution >= 4 is 33.4 Å². The lowest BCUT2D eigenvalue weighted by atomic mass is 10.3. The van der Waals surface area contributed by atoms with Crippen LogP contribution in [0.1, 0.15) is 5.56 Å². The normalized spacial score (nSPS) is 10.2. The zero-order valence-electron chi connectivity index (χ0n) is 9.96. The smallest absolute Gasteiger partial charge is 0.224 e. The molecule has 1 aromatic heterocycles. The number of nitrogens with one attached hydrogen (secondary N) is 2. The first kappa shape index (κ1) is 12.8. The molecule has 0 saturated carbocycles. The maximum atomic E-state index is 13.2. The van der Waals surface area contributed by atoms with Gasteiger partial charge in [-0.2, -0.15) is 4.98 Å². The summed E-state index contributed by atoms with van der Waals surface area (Å²) in [6.45, 7) is 1.88. The molecule has 2 aromatic rings. The summed E-state index contributed by atoms with van der Waals surface area (Å²) in [6, 6.07) is 4.44. The maximum Gasteiger partial charge on any atom is 0.224 e. The highest BCUT2D eigenvalue weighted by Crippen LogP contribution is 2.27. The van der Waals surface area contributed by atoms with E-state index < -0.39 is 0 Å². The van der Waals surface area contributed by atoms with Crippen molar-refractivity contribution in [2.75, 3.05) is 17.7 Å². The van der Waals surface area contributed by atoms with Crippen LogP contribution in [-0.4, -0.2) is 17.0 Å². The van der Waals surface area contributed by atoms with E-state index in [0.29, 0.717) is 17.5 Å². The molecule has 0 radical (unpaired) electrons. The molecular weight excluding hydrogens is 299 g/mol. The molecule has 94 valence electrons. The largest absolute Gasteiger partial charge is 0.357 e. The second-order valence-corrected chi connectivity index (χ2v) is 4.58. The predicted octanol–water partition coefficient (Wildman–Crippen LogP) is 3.47. The summed E-state index contributed by atoms with van der Waals surface area (Å²) in [5.74, 6) is 0.845. The zero-order valence-corrected chi connectivity index (χ0v) is 11.5. The molecule has 0 saturated heterocycles. The molecule has 2 rings (SSSR count). The van der Waals surface area contributed by atoms with E-state index in [9.17, 15) is 4.39 Å². The molecule has 2 N–H and O–H groups in total. The van der Waals surface area contributed by atoms with Gasteiger partial charge in [0.2, 0.25) is 5.95 Å². The van der Waals surface area contributed by atoms with Crippen molar-refractivity contribution in [2.24, 2.45) is 0 Å². The molecule has 0 fully saturated rings. The summed E-state index contributed by atoms with van der Waals surface area (Å²) < 4.78 is 14.0. The molecule has 4 nitrogen and oxygen atoms in total. The van der Waals surface area contributed by atoms with Gasteiger partial charge >= 0.3 is 0 Å². The Kier molecular flexibility index (Phi) is 3.76. The Morgan fingerprint density at radius 3 is 2.83 bits per heavy atom. The highest BCUT2D eigenvalue weighted by molar-refractivity contribution is 9.10. The SMILES string of the molecule is CNc1ncc(C)c(Nc2cc(F)ccc2Br)n1. The first-order chi connectivity index (χ1) is 8.60. The molecule has 6 heteroatoms. The number of nitrogens with zero attached hydrogens (tertiary/aromatic N) is 2. The van der Waals surface area contributed by atoms with Gasteiger partial charge in [0, 0.05) is 23.3 Å². The van der Waals surface area contributed by atoms with E-state index in [-0.39, 0.29) is 5.82 Å². The zero-order chi connectivity index (χ0) is 13.1. The standard InChI is InChI=1S/C12H12BrFN4/c1-7-6-16-12(15-2)18-11(7)17-10-5-8(14)3-4-9(10)13/h3-6H,1-2H3,(H2,15,16,17,18). The van der Waals surface area contributed by atoms with Crippen molar-refractivity contribution in [1.29, 1.82) is 0 Å². The van der Waals surface area contributed by atoms with E-state index in [1.54, 1.807) is 19.3 Å². The predicted molar refractivity (Wildman–Crippen MR) is 73.7 cm³/mol. The van der Waals surface area contributed by atoms with E-state index in [2.05, 4.69) is 36.5 Å². The first-order valence-corrected chi connectivity index (χ1v) is 6.13. The number of aromatic nitrogens is 2. The summed E-state index contributed by atoms with van der Waals surface area (Å²) in [6.07, 6.45) is 1.70. The third kappa shape index (κ3) is 2.76. The molecule has 0 aliphatic heterocycles. The number of hydrogen-bond acceptors (Lipinski definition) is 4. The second-order valence-electron chi connectivity index (χ2n) is 3.72. The summed E-state index contributed by atoms with van der Waals surface area (Å²) in [5, 5.41) is 5.94. The van der Waals surface area contributed by atoms with Crippen LogP contribution in [0.15, 0.2) is 28.9 Å². The van der Waals surface area contributed by atoms with Gasteiger partial charge in [-0.15, -0.1) is 0 Å². The fourth-order valence-electron chi connectivity index (χ4n) is 1.41. The maximum absolute atomic E-state index is 13.2. The van der Waals surface area contributed by atoms with Crippen molar-refractivity contribution < 1.29 is 4.39 Å². The van der Waals surface area contributed by atoms with Crippen molar-refractivity contribution in [3.8, 4) is 0 Å². The van der Waals surface area contributed by atoms with Crippen LogP contribution in [0.3, 0.4) is 0 Å². The molecule has 0 spiro atoms. The van der Waals surface area contributed by atoms with Crippen molar-refractivity contribution in [3.63, 3.8) is 0 Å². The number of anilines is 3. The Labute approximate surface area is 113 Å². The van der Waals surface area contributed by atoms with Gasteiger partial charge in [-0.1, -0.05) is 0 Å². The Balaban J connectivity index is 2.36. The van der Waals surface area contributed by atoms with E-state index in [1.165, 1.54) is 12.1 Å². The molecule has 1 heterocycles. The molecule has 0 aliphatic carbocycles. The van der Waals surface area contributed by atoms with Gasteiger partial charge in [0.1, 0.15) is 11.6 Å². The van der Waals surface area contributed by atoms with Crippen molar-refractivity contribution in [2.45, 2.75) is 6.92 Å². The van der Waals surface area contributed by atoms with Crippen LogP contribution in [0.2, 0.25) is 0 Å². The van der Waals surface area contributed by atoms with Crippen LogP contribution in [0.25, 0.3) is 0 Å². The number of aryl methyl sites for hydroxylation is 1. The summed E-state index contributed by atoms with van der Waals surface area (Å²) in [5.41, 5.74) is 1.50. The Hall–Kier alpha value is -1.69. The lowest BCUT2D eigenvalue weighted by Crippen LogP contribution is -2.03. The molecule has 0 atom stereocenters. The Bertz CT molecular complexity index is 574. The summed E-state index contributed by atoms with van der Waals surface area (Å²) in [4.78, 5) is 8.37. The van der Waals surface area contributed by atoms with Gasteiger partial charge in [0.05, 0.1) is 5.69 Å². The van der Waals surface area contributed by atoms with Crippen LogP contribution in [0, 0.1) is 12.7 Å². The average Bonchev–Trinajstić information content (AvgIpc) is 2.36. The molecule has 1 aromatic carbocycles. The number of rotatable bonds is 3. The van der Waals surface area contributed by atoms with E-state index in [0.717, 1.165) is 10.0 Å². The van der Waals surface area contributed by atoms with Gasteiger partial charge in [0.15, 0.2) is 0 Å². The molecule has 18 heavy (non-hydrogen) atoms. The molecule has 0 amide bonds. The third-order valence-corrected chi connectivity index (χ3v) is 3.07. The van der Waals surface area contributed by atoms with Gasteiger partial charge in [-0.25, -0.2) is 9.37 Å². The third-order valence-electron chi connectivity index (χ3n) is 2.38. The van der Waals surface area contributed by atoms with E-state index >= 15 is 0 Å². The number of benzene rings is 1. The highest BCUT2D eigenvalue weighted by Gasteiger charge is 2.07. The van der Waals surface area contributed by atoms with Crippen molar-refractivity contribution in [1.82, 2.24) is 9.97 Å². The van der Waals surface area contributed by atoms with Gasteiger partial charge in [-0.3, -0.25) is 0 Å². The topological polar surface area (TPSA) is 49.8 Å². The molecule has 0 unspecified atom stereocenters. The Morgan fingerprint density at radius 2 is 2.11 bits per heavy atom. The van der Waals surface area contributed by atoms with E-state index in [1.807, 2.05) is 6.92 Å². The quantitative estimate of drug-likeness (QED) is 0.911. The van der Waals surface area contributed by atoms with Crippen LogP contribution in [0.4, 0.5) is 21.8 Å². The highest BCUT2D eigenvalue weighted by atomic mass is 79.9. The van der Waals surface area contributed by atoms with Crippen LogP contribution in [0.5, 0.6) is 0 Å². The monoisotopic (exact) mass is 310 g/mol.